The van der Waals surface area contributed by atoms with Gasteiger partial charge < -0.3 is 20.1 Å². The summed E-state index contributed by atoms with van der Waals surface area (Å²) in [4.78, 5) is 17.0. The van der Waals surface area contributed by atoms with E-state index in [2.05, 4.69) is 22.5 Å². The summed E-state index contributed by atoms with van der Waals surface area (Å²) in [5, 5.41) is 6.28. The number of aryl methyl sites for hydroxylation is 2. The van der Waals surface area contributed by atoms with Gasteiger partial charge in [0.1, 0.15) is 0 Å². The quantitative estimate of drug-likeness (QED) is 0.678. The summed E-state index contributed by atoms with van der Waals surface area (Å²) >= 11 is 0. The van der Waals surface area contributed by atoms with E-state index < -0.39 is 0 Å². The molecule has 0 atom stereocenters. The molecule has 1 aliphatic heterocycles. The van der Waals surface area contributed by atoms with Crippen molar-refractivity contribution >= 4 is 23.0 Å². The first-order chi connectivity index (χ1) is 13.6. The van der Waals surface area contributed by atoms with Crippen molar-refractivity contribution in [3.8, 4) is 11.5 Å². The average molecular weight is 375 g/mol. The van der Waals surface area contributed by atoms with Crippen molar-refractivity contribution in [2.75, 3.05) is 17.4 Å². The lowest BCUT2D eigenvalue weighted by Crippen LogP contribution is -2.14. The molecular formula is C22H21N3O3. The Labute approximate surface area is 163 Å². The Morgan fingerprint density at radius 3 is 2.79 bits per heavy atom. The second kappa shape index (κ2) is 7.60. The van der Waals surface area contributed by atoms with Crippen molar-refractivity contribution < 1.29 is 14.3 Å². The monoisotopic (exact) mass is 375 g/mol. The Morgan fingerprint density at radius 2 is 1.93 bits per heavy atom. The molecule has 28 heavy (non-hydrogen) atoms. The molecule has 0 aliphatic carbocycles. The third-order valence-electron chi connectivity index (χ3n) is 4.64. The molecular weight excluding hydrogens is 354 g/mol. The first-order valence-corrected chi connectivity index (χ1v) is 9.15. The van der Waals surface area contributed by atoms with E-state index in [0.29, 0.717) is 17.0 Å². The fourth-order valence-electron chi connectivity index (χ4n) is 3.16. The minimum Gasteiger partial charge on any atom is -0.454 e. The summed E-state index contributed by atoms with van der Waals surface area (Å²) in [7, 11) is 0. The lowest BCUT2D eigenvalue weighted by Gasteiger charge is -2.13. The van der Waals surface area contributed by atoms with Crippen LogP contribution in [0.1, 0.15) is 28.4 Å². The van der Waals surface area contributed by atoms with E-state index in [0.717, 1.165) is 34.7 Å². The smallest absolute Gasteiger partial charge is 0.257 e. The highest BCUT2D eigenvalue weighted by Gasteiger charge is 2.14. The molecule has 4 rings (SSSR count). The molecule has 0 radical (unpaired) electrons. The van der Waals surface area contributed by atoms with Crippen LogP contribution in [-0.4, -0.2) is 17.7 Å². The van der Waals surface area contributed by atoms with Gasteiger partial charge >= 0.3 is 0 Å². The van der Waals surface area contributed by atoms with Gasteiger partial charge in [0.05, 0.1) is 17.4 Å². The standard InChI is InChI=1S/C22H21N3O3/c1-3-15-6-4-5-14(2)21(15)25-22(26)16-9-18(12-23-11-16)24-17-7-8-19-20(10-17)28-13-27-19/h4-12,24H,3,13H2,1-2H3,(H,25,26). The van der Waals surface area contributed by atoms with Gasteiger partial charge in [0.15, 0.2) is 11.5 Å². The van der Waals surface area contributed by atoms with Gasteiger partial charge in [0, 0.05) is 23.6 Å². The molecule has 2 aromatic carbocycles. The number of hydrogen-bond donors (Lipinski definition) is 2. The van der Waals surface area contributed by atoms with E-state index in [1.54, 1.807) is 18.5 Å². The van der Waals surface area contributed by atoms with Gasteiger partial charge in [-0.2, -0.15) is 0 Å². The van der Waals surface area contributed by atoms with Gasteiger partial charge in [0.25, 0.3) is 5.91 Å². The topological polar surface area (TPSA) is 72.5 Å². The molecule has 2 N–H and O–H groups in total. The molecule has 0 spiro atoms. The Hall–Kier alpha value is -3.54. The zero-order valence-electron chi connectivity index (χ0n) is 15.8. The van der Waals surface area contributed by atoms with E-state index in [1.165, 1.54) is 0 Å². The Kier molecular flexibility index (Phi) is 4.85. The molecule has 0 saturated carbocycles. The van der Waals surface area contributed by atoms with Crippen molar-refractivity contribution in [2.24, 2.45) is 0 Å². The third-order valence-corrected chi connectivity index (χ3v) is 4.64. The van der Waals surface area contributed by atoms with Crippen LogP contribution in [0.3, 0.4) is 0 Å². The number of fused-ring (bicyclic) bond motifs is 1. The first kappa shape index (κ1) is 17.9. The number of nitrogens with zero attached hydrogens (tertiary/aromatic N) is 1. The number of aromatic nitrogens is 1. The van der Waals surface area contributed by atoms with E-state index in [-0.39, 0.29) is 12.7 Å². The second-order valence-corrected chi connectivity index (χ2v) is 6.57. The van der Waals surface area contributed by atoms with Gasteiger partial charge in [-0.3, -0.25) is 9.78 Å². The van der Waals surface area contributed by atoms with E-state index in [4.69, 9.17) is 9.47 Å². The number of rotatable bonds is 5. The number of carbonyl (C=O) groups excluding carboxylic acids is 1. The van der Waals surface area contributed by atoms with Gasteiger partial charge in [-0.1, -0.05) is 25.1 Å². The van der Waals surface area contributed by atoms with Crippen molar-refractivity contribution in [3.63, 3.8) is 0 Å². The van der Waals surface area contributed by atoms with Crippen molar-refractivity contribution in [3.05, 3.63) is 71.5 Å². The molecule has 6 heteroatoms. The zero-order valence-corrected chi connectivity index (χ0v) is 15.8. The van der Waals surface area contributed by atoms with E-state index >= 15 is 0 Å². The third kappa shape index (κ3) is 3.62. The highest BCUT2D eigenvalue weighted by Crippen LogP contribution is 2.35. The Bertz CT molecular complexity index is 1030. The van der Waals surface area contributed by atoms with Gasteiger partial charge in [-0.15, -0.1) is 0 Å². The number of pyridine rings is 1. The Morgan fingerprint density at radius 1 is 1.07 bits per heavy atom. The summed E-state index contributed by atoms with van der Waals surface area (Å²) in [5.74, 6) is 1.23. The predicted molar refractivity (Wildman–Crippen MR) is 109 cm³/mol. The Balaban J connectivity index is 1.53. The molecule has 1 amide bonds. The summed E-state index contributed by atoms with van der Waals surface area (Å²) in [5.41, 5.74) is 5.04. The van der Waals surface area contributed by atoms with Gasteiger partial charge in [-0.25, -0.2) is 0 Å². The number of benzene rings is 2. The summed E-state index contributed by atoms with van der Waals surface area (Å²) < 4.78 is 10.7. The predicted octanol–water partition coefficient (Wildman–Crippen LogP) is 4.68. The van der Waals surface area contributed by atoms with Gasteiger partial charge in [-0.05, 0) is 42.7 Å². The highest BCUT2D eigenvalue weighted by atomic mass is 16.7. The van der Waals surface area contributed by atoms with Crippen LogP contribution in [0.25, 0.3) is 0 Å². The largest absolute Gasteiger partial charge is 0.454 e. The number of carbonyl (C=O) groups is 1. The minimum absolute atomic E-state index is 0.189. The van der Waals surface area contributed by atoms with Crippen molar-refractivity contribution in [1.82, 2.24) is 4.98 Å². The lowest BCUT2D eigenvalue weighted by molar-refractivity contribution is 0.102. The minimum atomic E-state index is -0.189. The fraction of sp³-hybridized carbons (Fsp3) is 0.182. The normalized spacial score (nSPS) is 11.9. The maximum Gasteiger partial charge on any atom is 0.257 e. The number of amides is 1. The van der Waals surface area contributed by atoms with Crippen LogP contribution in [0.2, 0.25) is 0 Å². The van der Waals surface area contributed by atoms with Crippen LogP contribution in [-0.2, 0) is 6.42 Å². The lowest BCUT2D eigenvalue weighted by atomic mass is 10.1. The van der Waals surface area contributed by atoms with Crippen LogP contribution in [0.5, 0.6) is 11.5 Å². The molecule has 3 aromatic rings. The summed E-state index contributed by atoms with van der Waals surface area (Å²) in [6, 6.07) is 13.4. The number of ether oxygens (including phenoxy) is 2. The fourth-order valence-corrected chi connectivity index (χ4v) is 3.16. The molecule has 1 aromatic heterocycles. The van der Waals surface area contributed by atoms with E-state index in [9.17, 15) is 4.79 Å². The molecule has 0 fully saturated rings. The molecule has 1 aliphatic rings. The number of anilines is 3. The molecule has 0 unspecified atom stereocenters. The molecule has 142 valence electrons. The van der Waals surface area contributed by atoms with Crippen LogP contribution in [0.15, 0.2) is 54.9 Å². The van der Waals surface area contributed by atoms with E-state index in [1.807, 2.05) is 43.3 Å². The highest BCUT2D eigenvalue weighted by molar-refractivity contribution is 6.05. The van der Waals surface area contributed by atoms with Crippen LogP contribution >= 0.6 is 0 Å². The van der Waals surface area contributed by atoms with Crippen LogP contribution in [0, 0.1) is 6.92 Å². The van der Waals surface area contributed by atoms with Crippen molar-refractivity contribution in [2.45, 2.75) is 20.3 Å². The summed E-state index contributed by atoms with van der Waals surface area (Å²) in [6.07, 6.45) is 4.08. The number of nitrogens with one attached hydrogen (secondary N) is 2. The van der Waals surface area contributed by atoms with Crippen LogP contribution in [0.4, 0.5) is 17.1 Å². The second-order valence-electron chi connectivity index (χ2n) is 6.57. The zero-order chi connectivity index (χ0) is 19.5. The number of hydrogen-bond acceptors (Lipinski definition) is 5. The summed E-state index contributed by atoms with van der Waals surface area (Å²) in [6.45, 7) is 4.29. The average Bonchev–Trinajstić information content (AvgIpc) is 3.17. The number of para-hydroxylation sites is 1. The SMILES string of the molecule is CCc1cccc(C)c1NC(=O)c1cncc(Nc2ccc3c(c2)OCO3)c1. The molecule has 0 bridgehead atoms. The molecule has 0 saturated heterocycles. The van der Waals surface area contributed by atoms with Crippen molar-refractivity contribution in [1.29, 1.82) is 0 Å². The molecule has 2 heterocycles. The maximum absolute atomic E-state index is 12.8. The maximum atomic E-state index is 12.8. The van der Waals surface area contributed by atoms with Crippen LogP contribution < -0.4 is 20.1 Å². The first-order valence-electron chi connectivity index (χ1n) is 9.15. The van der Waals surface area contributed by atoms with Gasteiger partial charge in [0.2, 0.25) is 6.79 Å². The molecule has 6 nitrogen and oxygen atoms in total.